The minimum atomic E-state index is 0.433. The summed E-state index contributed by atoms with van der Waals surface area (Å²) in [4.78, 5) is 0. The molecule has 6 heavy (non-hydrogen) atoms. The predicted molar refractivity (Wildman–Crippen MR) is 36.1 cm³/mol. The van der Waals surface area contributed by atoms with Gasteiger partial charge in [0, 0.05) is 0 Å². The average Bonchev–Trinajstić information content (AvgIpc) is 2.19. The molecule has 0 aromatic heterocycles. The van der Waals surface area contributed by atoms with Gasteiger partial charge in [0.1, 0.15) is 4.71 Å². The summed E-state index contributed by atoms with van der Waals surface area (Å²) in [7, 11) is 0. The second kappa shape index (κ2) is 1.86. The van der Waals surface area contributed by atoms with Gasteiger partial charge in [-0.05, 0) is 11.9 Å². The lowest BCUT2D eigenvalue weighted by molar-refractivity contribution is 0.733. The molecule has 0 bridgehead atoms. The quantitative estimate of drug-likeness (QED) is 0.317. The van der Waals surface area contributed by atoms with Crippen LogP contribution in [0.4, 0.5) is 0 Å². The van der Waals surface area contributed by atoms with Gasteiger partial charge >= 0.3 is 0 Å². The van der Waals surface area contributed by atoms with Crippen LogP contribution in [0.25, 0.3) is 0 Å². The number of hydrogen-bond acceptors (Lipinski definition) is 4. The van der Waals surface area contributed by atoms with Crippen LogP contribution in [-0.2, 0) is 0 Å². The SMILES string of the molecule is SCN1S[C@H]1S. The summed E-state index contributed by atoms with van der Waals surface area (Å²) in [5, 5.41) is 0. The number of hydrogen-bond donors (Lipinski definition) is 2. The highest BCUT2D eigenvalue weighted by Gasteiger charge is 2.29. The fraction of sp³-hybridized carbons (Fsp3) is 1.00. The van der Waals surface area contributed by atoms with Crippen molar-refractivity contribution < 1.29 is 0 Å². The van der Waals surface area contributed by atoms with Gasteiger partial charge in [-0.15, -0.1) is 12.6 Å². The maximum Gasteiger partial charge on any atom is 0.124 e. The predicted octanol–water partition coefficient (Wildman–Crippen LogP) is 1.05. The summed E-state index contributed by atoms with van der Waals surface area (Å²) < 4.78 is 2.49. The third-order valence-electron chi connectivity index (χ3n) is 0.570. The zero-order chi connectivity index (χ0) is 4.57. The first-order valence-corrected chi connectivity index (χ1v) is 3.55. The second-order valence-electron chi connectivity index (χ2n) is 0.990. The molecule has 0 amide bonds. The molecule has 1 aliphatic heterocycles. The summed E-state index contributed by atoms with van der Waals surface area (Å²) in [5.41, 5.74) is 0. The molecule has 2 atom stereocenters. The number of rotatable bonds is 1. The number of thiol groups is 2. The van der Waals surface area contributed by atoms with Gasteiger partial charge in [-0.1, -0.05) is 0 Å². The zero-order valence-corrected chi connectivity index (χ0v) is 5.64. The molecule has 0 spiro atoms. The Labute approximate surface area is 52.4 Å². The highest BCUT2D eigenvalue weighted by molar-refractivity contribution is 8.15. The maximum atomic E-state index is 4.09. The molecule has 36 valence electrons. The van der Waals surface area contributed by atoms with Gasteiger partial charge in [0.2, 0.25) is 0 Å². The fourth-order valence-electron chi connectivity index (χ4n) is 0.197. The van der Waals surface area contributed by atoms with Crippen LogP contribution < -0.4 is 0 Å². The van der Waals surface area contributed by atoms with E-state index in [2.05, 4.69) is 29.6 Å². The van der Waals surface area contributed by atoms with Crippen LogP contribution in [0, 0.1) is 0 Å². The summed E-state index contributed by atoms with van der Waals surface area (Å²) in [6.45, 7) is 0. The van der Waals surface area contributed by atoms with Gasteiger partial charge in [-0.3, -0.25) is 0 Å². The molecule has 0 aliphatic carbocycles. The van der Waals surface area contributed by atoms with E-state index in [-0.39, 0.29) is 0 Å². The maximum absolute atomic E-state index is 4.09. The first-order valence-electron chi connectivity index (χ1n) is 1.57. The van der Waals surface area contributed by atoms with Crippen molar-refractivity contribution in [1.29, 1.82) is 0 Å². The molecule has 0 aromatic carbocycles. The van der Waals surface area contributed by atoms with Gasteiger partial charge in [0.05, 0.1) is 5.88 Å². The van der Waals surface area contributed by atoms with Crippen LogP contribution in [0.5, 0.6) is 0 Å². The van der Waals surface area contributed by atoms with Crippen molar-refractivity contribution in [1.82, 2.24) is 4.31 Å². The first kappa shape index (κ1) is 5.15. The minimum Gasteiger partial charge on any atom is -0.215 e. The van der Waals surface area contributed by atoms with Crippen LogP contribution in [0.2, 0.25) is 0 Å². The highest BCUT2D eigenvalue weighted by atomic mass is 32.2. The van der Waals surface area contributed by atoms with E-state index in [1.807, 2.05) is 0 Å². The molecule has 1 aliphatic rings. The summed E-state index contributed by atoms with van der Waals surface area (Å²) in [6.07, 6.45) is 0. The van der Waals surface area contributed by atoms with E-state index in [0.29, 0.717) is 4.71 Å². The van der Waals surface area contributed by atoms with E-state index in [1.165, 1.54) is 0 Å². The standard InChI is InChI=1S/C2H5NS3/c4-1-3-2(5)6-3/h2,4-5H,1H2/t2-,3?/m1/s1. The average molecular weight is 139 g/mol. The van der Waals surface area contributed by atoms with E-state index in [0.717, 1.165) is 5.88 Å². The van der Waals surface area contributed by atoms with Crippen molar-refractivity contribution in [3.8, 4) is 0 Å². The normalized spacial score (nSPS) is 43.0. The molecule has 0 N–H and O–H groups in total. The van der Waals surface area contributed by atoms with Gasteiger partial charge < -0.3 is 0 Å². The summed E-state index contributed by atoms with van der Waals surface area (Å²) in [6, 6.07) is 0. The molecule has 1 saturated heterocycles. The largest absolute Gasteiger partial charge is 0.215 e. The zero-order valence-electron chi connectivity index (χ0n) is 3.03. The Morgan fingerprint density at radius 1 is 1.83 bits per heavy atom. The summed E-state index contributed by atoms with van der Waals surface area (Å²) in [5.74, 6) is 0.818. The fourth-order valence-corrected chi connectivity index (χ4v) is 1.57. The lowest BCUT2D eigenvalue weighted by Crippen LogP contribution is -1.89. The van der Waals surface area contributed by atoms with Crippen molar-refractivity contribution in [3.05, 3.63) is 0 Å². The molecule has 4 heteroatoms. The Hall–Kier alpha value is 1.01. The van der Waals surface area contributed by atoms with E-state index < -0.39 is 0 Å². The highest BCUT2D eigenvalue weighted by Crippen LogP contribution is 2.41. The van der Waals surface area contributed by atoms with Gasteiger partial charge in [0.15, 0.2) is 0 Å². The van der Waals surface area contributed by atoms with Crippen LogP contribution in [0.15, 0.2) is 0 Å². The van der Waals surface area contributed by atoms with Crippen LogP contribution in [-0.4, -0.2) is 14.9 Å². The second-order valence-corrected chi connectivity index (χ2v) is 3.24. The Kier molecular flexibility index (Phi) is 1.60. The third-order valence-corrected chi connectivity index (χ3v) is 2.62. The van der Waals surface area contributed by atoms with E-state index in [4.69, 9.17) is 0 Å². The van der Waals surface area contributed by atoms with Crippen LogP contribution >= 0.6 is 37.2 Å². The molecule has 1 unspecified atom stereocenters. The van der Waals surface area contributed by atoms with Crippen molar-refractivity contribution in [2.45, 2.75) is 4.71 Å². The van der Waals surface area contributed by atoms with E-state index in [9.17, 15) is 0 Å². The smallest absolute Gasteiger partial charge is 0.124 e. The van der Waals surface area contributed by atoms with Crippen molar-refractivity contribution in [3.63, 3.8) is 0 Å². The molecule has 1 fully saturated rings. The molecule has 1 rings (SSSR count). The number of nitrogens with zero attached hydrogens (tertiary/aromatic N) is 1. The lowest BCUT2D eigenvalue weighted by atomic mass is 11.2. The van der Waals surface area contributed by atoms with Gasteiger partial charge in [-0.25, -0.2) is 4.31 Å². The molecular weight excluding hydrogens is 134 g/mol. The minimum absolute atomic E-state index is 0.433. The Morgan fingerprint density at radius 2 is 2.33 bits per heavy atom. The molecule has 0 radical (unpaired) electrons. The van der Waals surface area contributed by atoms with Crippen LogP contribution in [0.1, 0.15) is 0 Å². The summed E-state index contributed by atoms with van der Waals surface area (Å²) >= 11 is 9.80. The van der Waals surface area contributed by atoms with E-state index >= 15 is 0 Å². The monoisotopic (exact) mass is 139 g/mol. The molecule has 0 saturated carbocycles. The Bertz CT molecular complexity index is 54.8. The lowest BCUT2D eigenvalue weighted by Gasteiger charge is -1.81. The Balaban J connectivity index is 2.09. The van der Waals surface area contributed by atoms with Crippen molar-refractivity contribution in [2.75, 3.05) is 5.88 Å². The molecule has 1 nitrogen and oxygen atoms in total. The topological polar surface area (TPSA) is 3.01 Å². The Morgan fingerprint density at radius 3 is 2.33 bits per heavy atom. The molecule has 1 heterocycles. The van der Waals surface area contributed by atoms with Gasteiger partial charge in [-0.2, -0.15) is 12.6 Å². The first-order chi connectivity index (χ1) is 2.84. The van der Waals surface area contributed by atoms with Gasteiger partial charge in [0.25, 0.3) is 0 Å². The third kappa shape index (κ3) is 0.992. The molecule has 0 aromatic rings. The van der Waals surface area contributed by atoms with E-state index in [1.54, 1.807) is 11.9 Å². The van der Waals surface area contributed by atoms with Crippen LogP contribution in [0.3, 0.4) is 0 Å². The molecular formula is C2H5NS3. The van der Waals surface area contributed by atoms with Crippen molar-refractivity contribution in [2.24, 2.45) is 0 Å². The van der Waals surface area contributed by atoms with Crippen molar-refractivity contribution >= 4 is 37.2 Å².